The highest BCUT2D eigenvalue weighted by Gasteiger charge is 2.44. The van der Waals surface area contributed by atoms with E-state index in [1.807, 2.05) is 37.3 Å². The van der Waals surface area contributed by atoms with Gasteiger partial charge in [-0.3, -0.25) is 0 Å². The molecule has 0 saturated heterocycles. The molecule has 0 heterocycles. The quantitative estimate of drug-likeness (QED) is 0.774. The SMILES string of the molecule is CC1(Cc2ccccc2)C(O)CCC1O. The Hall–Kier alpha value is -0.860. The van der Waals surface area contributed by atoms with Gasteiger partial charge in [0.25, 0.3) is 0 Å². The van der Waals surface area contributed by atoms with Gasteiger partial charge >= 0.3 is 0 Å². The highest BCUT2D eigenvalue weighted by molar-refractivity contribution is 5.18. The van der Waals surface area contributed by atoms with Crippen LogP contribution in [0.15, 0.2) is 30.3 Å². The van der Waals surface area contributed by atoms with Gasteiger partial charge < -0.3 is 10.2 Å². The summed E-state index contributed by atoms with van der Waals surface area (Å²) in [6.45, 7) is 1.97. The monoisotopic (exact) mass is 206 g/mol. The summed E-state index contributed by atoms with van der Waals surface area (Å²) in [6.07, 6.45) is 1.41. The molecule has 0 bridgehead atoms. The molecule has 1 aromatic rings. The summed E-state index contributed by atoms with van der Waals surface area (Å²) in [6, 6.07) is 10.1. The molecule has 2 unspecified atom stereocenters. The summed E-state index contributed by atoms with van der Waals surface area (Å²) < 4.78 is 0. The van der Waals surface area contributed by atoms with Crippen molar-refractivity contribution in [3.63, 3.8) is 0 Å². The summed E-state index contributed by atoms with van der Waals surface area (Å²) in [5.41, 5.74) is 0.807. The zero-order valence-corrected chi connectivity index (χ0v) is 9.06. The Balaban J connectivity index is 2.17. The average molecular weight is 206 g/mol. The number of benzene rings is 1. The summed E-state index contributed by atoms with van der Waals surface area (Å²) in [5.74, 6) is 0. The number of aliphatic hydroxyl groups is 2. The van der Waals surface area contributed by atoms with E-state index in [1.54, 1.807) is 0 Å². The largest absolute Gasteiger partial charge is 0.392 e. The Morgan fingerprint density at radius 2 is 1.67 bits per heavy atom. The van der Waals surface area contributed by atoms with Gasteiger partial charge in [-0.1, -0.05) is 37.3 Å². The Bertz CT molecular complexity index is 311. The first-order valence-corrected chi connectivity index (χ1v) is 5.53. The summed E-state index contributed by atoms with van der Waals surface area (Å²) >= 11 is 0. The third kappa shape index (κ3) is 1.92. The Labute approximate surface area is 90.6 Å². The van der Waals surface area contributed by atoms with Crippen LogP contribution in [0.2, 0.25) is 0 Å². The fourth-order valence-corrected chi connectivity index (χ4v) is 2.47. The maximum atomic E-state index is 9.92. The standard InChI is InChI=1S/C13H18O2/c1-13(11(14)7-8-12(13)15)9-10-5-3-2-4-6-10/h2-6,11-12,14-15H,7-9H2,1H3. The van der Waals surface area contributed by atoms with Gasteiger partial charge in [-0.2, -0.15) is 0 Å². The molecule has 2 heteroatoms. The van der Waals surface area contributed by atoms with E-state index in [1.165, 1.54) is 5.56 Å². The van der Waals surface area contributed by atoms with Gasteiger partial charge in [0.1, 0.15) is 0 Å². The molecule has 2 rings (SSSR count). The molecule has 1 saturated carbocycles. The lowest BCUT2D eigenvalue weighted by molar-refractivity contribution is -0.0102. The van der Waals surface area contributed by atoms with Crippen molar-refractivity contribution in [2.75, 3.05) is 0 Å². The van der Waals surface area contributed by atoms with Crippen molar-refractivity contribution in [1.82, 2.24) is 0 Å². The minimum absolute atomic E-state index is 0.374. The third-order valence-corrected chi connectivity index (χ3v) is 3.66. The molecule has 0 amide bonds. The van der Waals surface area contributed by atoms with Crippen LogP contribution in [0.5, 0.6) is 0 Å². The first-order chi connectivity index (χ1) is 7.13. The predicted octanol–water partition coefficient (Wildman–Crippen LogP) is 1.75. The van der Waals surface area contributed by atoms with Crippen molar-refractivity contribution in [2.24, 2.45) is 5.41 Å². The van der Waals surface area contributed by atoms with Crippen molar-refractivity contribution in [1.29, 1.82) is 0 Å². The molecule has 2 nitrogen and oxygen atoms in total. The van der Waals surface area contributed by atoms with E-state index in [-0.39, 0.29) is 17.6 Å². The first kappa shape index (κ1) is 10.7. The van der Waals surface area contributed by atoms with Crippen LogP contribution in [0.25, 0.3) is 0 Å². The maximum Gasteiger partial charge on any atom is 0.0622 e. The average Bonchev–Trinajstić information content (AvgIpc) is 2.48. The highest BCUT2D eigenvalue weighted by Crippen LogP contribution is 2.40. The van der Waals surface area contributed by atoms with Crippen LogP contribution in [0.1, 0.15) is 25.3 Å². The number of rotatable bonds is 2. The van der Waals surface area contributed by atoms with Crippen LogP contribution in [-0.4, -0.2) is 22.4 Å². The van der Waals surface area contributed by atoms with Gasteiger partial charge in [-0.05, 0) is 24.8 Å². The van der Waals surface area contributed by atoms with Crippen molar-refractivity contribution >= 4 is 0 Å². The highest BCUT2D eigenvalue weighted by atomic mass is 16.3. The van der Waals surface area contributed by atoms with Crippen LogP contribution < -0.4 is 0 Å². The van der Waals surface area contributed by atoms with Gasteiger partial charge in [0.2, 0.25) is 0 Å². The fourth-order valence-electron chi connectivity index (χ4n) is 2.47. The van der Waals surface area contributed by atoms with Crippen LogP contribution >= 0.6 is 0 Å². The van der Waals surface area contributed by atoms with Gasteiger partial charge in [0.15, 0.2) is 0 Å². The minimum atomic E-state index is -0.382. The maximum absolute atomic E-state index is 9.92. The molecule has 1 aliphatic carbocycles. The van der Waals surface area contributed by atoms with Crippen LogP contribution in [0.4, 0.5) is 0 Å². The molecule has 0 aliphatic heterocycles. The molecule has 0 radical (unpaired) electrons. The van der Waals surface area contributed by atoms with E-state index in [0.29, 0.717) is 12.8 Å². The molecule has 1 aromatic carbocycles. The molecule has 15 heavy (non-hydrogen) atoms. The van der Waals surface area contributed by atoms with Crippen molar-refractivity contribution in [3.8, 4) is 0 Å². The first-order valence-electron chi connectivity index (χ1n) is 5.53. The molecular formula is C13H18O2. The van der Waals surface area contributed by atoms with Crippen LogP contribution in [0, 0.1) is 5.41 Å². The lowest BCUT2D eigenvalue weighted by Gasteiger charge is -2.31. The topological polar surface area (TPSA) is 40.5 Å². The number of hydrogen-bond acceptors (Lipinski definition) is 2. The van der Waals surface area contributed by atoms with Gasteiger partial charge in [0.05, 0.1) is 12.2 Å². The molecule has 82 valence electrons. The molecule has 2 atom stereocenters. The van der Waals surface area contributed by atoms with Crippen molar-refractivity contribution in [3.05, 3.63) is 35.9 Å². The normalized spacial score (nSPS) is 35.7. The lowest BCUT2D eigenvalue weighted by atomic mass is 9.78. The van der Waals surface area contributed by atoms with E-state index >= 15 is 0 Å². The van der Waals surface area contributed by atoms with Gasteiger partial charge in [-0.15, -0.1) is 0 Å². The molecule has 0 aromatic heterocycles. The Morgan fingerprint density at radius 1 is 1.13 bits per heavy atom. The van der Waals surface area contributed by atoms with Crippen molar-refractivity contribution < 1.29 is 10.2 Å². The Kier molecular flexibility index (Phi) is 2.81. The lowest BCUT2D eigenvalue weighted by Crippen LogP contribution is -2.37. The van der Waals surface area contributed by atoms with E-state index in [4.69, 9.17) is 0 Å². The molecule has 0 spiro atoms. The second kappa shape index (κ2) is 3.95. The summed E-state index contributed by atoms with van der Waals surface area (Å²) in [5, 5.41) is 19.8. The van der Waals surface area contributed by atoms with Crippen LogP contribution in [-0.2, 0) is 6.42 Å². The second-order valence-electron chi connectivity index (χ2n) is 4.78. The summed E-state index contributed by atoms with van der Waals surface area (Å²) in [7, 11) is 0. The zero-order chi connectivity index (χ0) is 10.9. The Morgan fingerprint density at radius 3 is 2.20 bits per heavy atom. The van der Waals surface area contributed by atoms with E-state index in [2.05, 4.69) is 0 Å². The molecule has 2 N–H and O–H groups in total. The molecule has 1 aliphatic rings. The number of hydrogen-bond donors (Lipinski definition) is 2. The smallest absolute Gasteiger partial charge is 0.0622 e. The predicted molar refractivity (Wildman–Crippen MR) is 59.5 cm³/mol. The molecule has 1 fully saturated rings. The van der Waals surface area contributed by atoms with Crippen LogP contribution in [0.3, 0.4) is 0 Å². The summed E-state index contributed by atoms with van der Waals surface area (Å²) in [4.78, 5) is 0. The number of aliphatic hydroxyl groups excluding tert-OH is 2. The van der Waals surface area contributed by atoms with E-state index in [0.717, 1.165) is 6.42 Å². The second-order valence-corrected chi connectivity index (χ2v) is 4.78. The molecular weight excluding hydrogens is 188 g/mol. The third-order valence-electron chi connectivity index (χ3n) is 3.66. The van der Waals surface area contributed by atoms with E-state index < -0.39 is 0 Å². The van der Waals surface area contributed by atoms with Gasteiger partial charge in [0, 0.05) is 5.41 Å². The van der Waals surface area contributed by atoms with Crippen molar-refractivity contribution in [2.45, 2.75) is 38.4 Å². The minimum Gasteiger partial charge on any atom is -0.392 e. The van der Waals surface area contributed by atoms with Gasteiger partial charge in [-0.25, -0.2) is 0 Å². The zero-order valence-electron chi connectivity index (χ0n) is 9.06. The van der Waals surface area contributed by atoms with E-state index in [9.17, 15) is 10.2 Å². The fraction of sp³-hybridized carbons (Fsp3) is 0.538.